The van der Waals surface area contributed by atoms with Gasteiger partial charge in [0.2, 0.25) is 5.91 Å². The predicted octanol–water partition coefficient (Wildman–Crippen LogP) is 3.96. The standard InChI is InChI=1S/C23H26FN5O.HI/c1-25-23(26-11-10-17-15-27-21-13-18(24)6-9-20(17)21)28-14-16-4-7-19(8-5-16)29-12-2-3-22(29)30;/h4-9,13,15,27H,2-3,10-12,14H2,1H3,(H2,25,26,28);1H. The smallest absolute Gasteiger partial charge is 0.227 e. The monoisotopic (exact) mass is 535 g/mol. The topological polar surface area (TPSA) is 72.5 Å². The highest BCUT2D eigenvalue weighted by atomic mass is 127. The second-order valence-corrected chi connectivity index (χ2v) is 7.42. The molecule has 0 atom stereocenters. The van der Waals surface area contributed by atoms with Gasteiger partial charge in [-0.25, -0.2) is 4.39 Å². The van der Waals surface area contributed by atoms with Gasteiger partial charge in [-0.05, 0) is 54.3 Å². The van der Waals surface area contributed by atoms with Crippen LogP contribution in [0.1, 0.15) is 24.0 Å². The van der Waals surface area contributed by atoms with Gasteiger partial charge >= 0.3 is 0 Å². The summed E-state index contributed by atoms with van der Waals surface area (Å²) in [6.45, 7) is 2.15. The van der Waals surface area contributed by atoms with Crippen molar-refractivity contribution < 1.29 is 9.18 Å². The maximum atomic E-state index is 13.3. The summed E-state index contributed by atoms with van der Waals surface area (Å²) in [4.78, 5) is 21.1. The largest absolute Gasteiger partial charge is 0.361 e. The highest BCUT2D eigenvalue weighted by Gasteiger charge is 2.21. The number of fused-ring (bicyclic) bond motifs is 1. The third-order valence-electron chi connectivity index (χ3n) is 5.42. The summed E-state index contributed by atoms with van der Waals surface area (Å²) in [5.74, 6) is 0.684. The lowest BCUT2D eigenvalue weighted by Crippen LogP contribution is -2.37. The summed E-state index contributed by atoms with van der Waals surface area (Å²) in [5.41, 5.74) is 4.03. The van der Waals surface area contributed by atoms with Crippen LogP contribution in [0.2, 0.25) is 0 Å². The predicted molar refractivity (Wildman–Crippen MR) is 134 cm³/mol. The number of H-pyrrole nitrogens is 1. The Bertz CT molecular complexity index is 1060. The molecule has 4 rings (SSSR count). The lowest BCUT2D eigenvalue weighted by atomic mass is 10.1. The third-order valence-corrected chi connectivity index (χ3v) is 5.42. The second-order valence-electron chi connectivity index (χ2n) is 7.42. The first-order valence-electron chi connectivity index (χ1n) is 10.2. The van der Waals surface area contributed by atoms with Crippen LogP contribution in [0.4, 0.5) is 10.1 Å². The summed E-state index contributed by atoms with van der Waals surface area (Å²) < 4.78 is 13.3. The normalized spacial score (nSPS) is 14.1. The van der Waals surface area contributed by atoms with Gasteiger partial charge in [-0.2, -0.15) is 0 Å². The lowest BCUT2D eigenvalue weighted by molar-refractivity contribution is -0.117. The van der Waals surface area contributed by atoms with Crippen LogP contribution in [-0.4, -0.2) is 37.0 Å². The van der Waals surface area contributed by atoms with Crippen molar-refractivity contribution in [2.24, 2.45) is 4.99 Å². The van der Waals surface area contributed by atoms with E-state index in [4.69, 9.17) is 0 Å². The molecule has 0 aliphatic carbocycles. The van der Waals surface area contributed by atoms with Crippen LogP contribution in [-0.2, 0) is 17.8 Å². The molecule has 0 saturated carbocycles. The van der Waals surface area contributed by atoms with Gasteiger partial charge in [0, 0.05) is 55.9 Å². The van der Waals surface area contributed by atoms with E-state index in [2.05, 4.69) is 20.6 Å². The third kappa shape index (κ3) is 5.55. The molecule has 1 aliphatic rings. The van der Waals surface area contributed by atoms with Gasteiger partial charge in [-0.15, -0.1) is 24.0 Å². The van der Waals surface area contributed by atoms with E-state index in [9.17, 15) is 9.18 Å². The molecular weight excluding hydrogens is 508 g/mol. The molecule has 0 spiro atoms. The van der Waals surface area contributed by atoms with Crippen LogP contribution < -0.4 is 15.5 Å². The summed E-state index contributed by atoms with van der Waals surface area (Å²) in [5, 5.41) is 7.66. The van der Waals surface area contributed by atoms with Gasteiger partial charge in [0.05, 0.1) is 0 Å². The van der Waals surface area contributed by atoms with Crippen molar-refractivity contribution in [3.05, 3.63) is 65.6 Å². The van der Waals surface area contributed by atoms with Crippen molar-refractivity contribution in [3.8, 4) is 0 Å². The molecule has 1 aromatic heterocycles. The summed E-state index contributed by atoms with van der Waals surface area (Å²) >= 11 is 0. The number of aromatic amines is 1. The van der Waals surface area contributed by atoms with Crippen LogP contribution in [0.3, 0.4) is 0 Å². The fraction of sp³-hybridized carbons (Fsp3) is 0.304. The van der Waals surface area contributed by atoms with Gasteiger partial charge in [-0.3, -0.25) is 9.79 Å². The van der Waals surface area contributed by atoms with Crippen molar-refractivity contribution in [2.45, 2.75) is 25.8 Å². The molecule has 3 N–H and O–H groups in total. The minimum Gasteiger partial charge on any atom is -0.361 e. The molecule has 2 aromatic carbocycles. The van der Waals surface area contributed by atoms with E-state index in [0.29, 0.717) is 19.5 Å². The number of aromatic nitrogens is 1. The quantitative estimate of drug-likeness (QED) is 0.254. The Balaban J connectivity index is 0.00000272. The Morgan fingerprint density at radius 3 is 2.71 bits per heavy atom. The number of hydrogen-bond acceptors (Lipinski definition) is 2. The van der Waals surface area contributed by atoms with Crippen LogP contribution in [0.5, 0.6) is 0 Å². The average molecular weight is 535 g/mol. The summed E-state index contributed by atoms with van der Waals surface area (Å²) in [7, 11) is 1.74. The Morgan fingerprint density at radius 1 is 1.19 bits per heavy atom. The first kappa shape index (κ1) is 23.1. The fourth-order valence-corrected chi connectivity index (χ4v) is 3.80. The zero-order chi connectivity index (χ0) is 20.9. The molecule has 1 amide bonds. The molecule has 3 aromatic rings. The lowest BCUT2D eigenvalue weighted by Gasteiger charge is -2.16. The SMILES string of the molecule is CN=C(NCCc1c[nH]c2cc(F)ccc12)NCc1ccc(N2CCCC2=O)cc1.I. The molecule has 6 nitrogen and oxygen atoms in total. The fourth-order valence-electron chi connectivity index (χ4n) is 3.80. The summed E-state index contributed by atoms with van der Waals surface area (Å²) in [6.07, 6.45) is 4.29. The van der Waals surface area contributed by atoms with E-state index in [1.807, 2.05) is 41.4 Å². The van der Waals surface area contributed by atoms with Crippen molar-refractivity contribution in [3.63, 3.8) is 0 Å². The number of aliphatic imine (C=N–C) groups is 1. The number of hydrogen-bond donors (Lipinski definition) is 3. The number of halogens is 2. The maximum absolute atomic E-state index is 13.3. The molecular formula is C23H27FIN5O. The van der Waals surface area contributed by atoms with Gasteiger partial charge in [-0.1, -0.05) is 12.1 Å². The molecule has 1 fully saturated rings. The van der Waals surface area contributed by atoms with E-state index in [-0.39, 0.29) is 35.7 Å². The molecule has 1 aliphatic heterocycles. The molecule has 31 heavy (non-hydrogen) atoms. The number of guanidine groups is 1. The summed E-state index contributed by atoms with van der Waals surface area (Å²) in [6, 6.07) is 12.9. The van der Waals surface area contributed by atoms with Gasteiger partial charge in [0.1, 0.15) is 5.82 Å². The zero-order valence-corrected chi connectivity index (χ0v) is 19.8. The van der Waals surface area contributed by atoms with Crippen molar-refractivity contribution >= 4 is 52.4 Å². The van der Waals surface area contributed by atoms with E-state index in [1.165, 1.54) is 12.1 Å². The van der Waals surface area contributed by atoms with Crippen LogP contribution in [0.25, 0.3) is 10.9 Å². The van der Waals surface area contributed by atoms with E-state index >= 15 is 0 Å². The molecule has 8 heteroatoms. The molecule has 1 saturated heterocycles. The van der Waals surface area contributed by atoms with E-state index in [0.717, 1.165) is 53.1 Å². The van der Waals surface area contributed by atoms with Gasteiger partial charge in [0.15, 0.2) is 5.96 Å². The minimum atomic E-state index is -0.237. The van der Waals surface area contributed by atoms with E-state index in [1.54, 1.807) is 7.05 Å². The first-order valence-corrected chi connectivity index (χ1v) is 10.2. The van der Waals surface area contributed by atoms with Crippen molar-refractivity contribution in [2.75, 3.05) is 25.0 Å². The molecule has 2 heterocycles. The number of carbonyl (C=O) groups is 1. The maximum Gasteiger partial charge on any atom is 0.227 e. The molecule has 0 unspecified atom stereocenters. The molecule has 0 radical (unpaired) electrons. The number of nitrogens with one attached hydrogen (secondary N) is 3. The highest BCUT2D eigenvalue weighted by Crippen LogP contribution is 2.22. The number of carbonyl (C=O) groups excluding carboxylic acids is 1. The molecule has 0 bridgehead atoms. The second kappa shape index (κ2) is 10.6. The van der Waals surface area contributed by atoms with Crippen molar-refractivity contribution in [1.29, 1.82) is 0 Å². The van der Waals surface area contributed by atoms with E-state index < -0.39 is 0 Å². The molecule has 164 valence electrons. The zero-order valence-electron chi connectivity index (χ0n) is 17.5. The van der Waals surface area contributed by atoms with Crippen LogP contribution in [0.15, 0.2) is 53.7 Å². The Morgan fingerprint density at radius 2 is 2.00 bits per heavy atom. The number of rotatable bonds is 6. The first-order chi connectivity index (χ1) is 14.6. The number of anilines is 1. The Hall–Kier alpha value is -2.62. The van der Waals surface area contributed by atoms with Crippen LogP contribution >= 0.6 is 24.0 Å². The highest BCUT2D eigenvalue weighted by molar-refractivity contribution is 14.0. The van der Waals surface area contributed by atoms with Gasteiger partial charge in [0.25, 0.3) is 0 Å². The van der Waals surface area contributed by atoms with Crippen LogP contribution in [0, 0.1) is 5.82 Å². The van der Waals surface area contributed by atoms with Gasteiger partial charge < -0.3 is 20.5 Å². The minimum absolute atomic E-state index is 0. The number of nitrogens with zero attached hydrogens (tertiary/aromatic N) is 2. The van der Waals surface area contributed by atoms with Crippen molar-refractivity contribution in [1.82, 2.24) is 15.6 Å². The Kier molecular flexibility index (Phi) is 7.89. The Labute approximate surface area is 198 Å². The number of benzene rings is 2. The average Bonchev–Trinajstić information content (AvgIpc) is 3.36. The number of amides is 1.